The zero-order chi connectivity index (χ0) is 8.15. The summed E-state index contributed by atoms with van der Waals surface area (Å²) in [5, 5.41) is 10.1. The minimum Gasteiger partial charge on any atom is -0.465 e. The second kappa shape index (κ2) is 4.19. The molecule has 2 atom stereocenters. The standard InChI is InChI=1S/C4H8NO4P/c1-3(5-4(6)7)10(8)9-2/h3,5H,1-2H3/p+1/t3-/m1/s1. The Balaban J connectivity index is 3.72. The van der Waals surface area contributed by atoms with Crippen LogP contribution < -0.4 is 5.32 Å². The van der Waals surface area contributed by atoms with Crippen LogP contribution in [0.3, 0.4) is 0 Å². The second-order valence-corrected chi connectivity index (χ2v) is 3.30. The summed E-state index contributed by atoms with van der Waals surface area (Å²) in [5.41, 5.74) is 0. The van der Waals surface area contributed by atoms with Crippen LogP contribution in [-0.2, 0) is 9.09 Å². The van der Waals surface area contributed by atoms with E-state index in [1.165, 1.54) is 14.0 Å². The highest BCUT2D eigenvalue weighted by atomic mass is 31.1. The number of nitrogens with one attached hydrogen (secondary N) is 1. The van der Waals surface area contributed by atoms with Crippen molar-refractivity contribution in [2.75, 3.05) is 7.11 Å². The molecule has 6 heteroatoms. The van der Waals surface area contributed by atoms with E-state index in [1.54, 1.807) is 0 Å². The minimum atomic E-state index is -1.91. The molecule has 0 aromatic rings. The lowest BCUT2D eigenvalue weighted by Gasteiger charge is -1.96. The molecule has 0 bridgehead atoms. The molecule has 0 spiro atoms. The molecule has 1 amide bonds. The molecule has 10 heavy (non-hydrogen) atoms. The van der Waals surface area contributed by atoms with Gasteiger partial charge in [-0.25, -0.2) is 4.79 Å². The molecule has 0 aliphatic heterocycles. The lowest BCUT2D eigenvalue weighted by Crippen LogP contribution is -2.28. The molecule has 0 saturated carbocycles. The number of hydrogen-bond donors (Lipinski definition) is 2. The van der Waals surface area contributed by atoms with E-state index >= 15 is 0 Å². The van der Waals surface area contributed by atoms with E-state index in [4.69, 9.17) is 5.11 Å². The number of amides is 1. The van der Waals surface area contributed by atoms with E-state index in [9.17, 15) is 9.36 Å². The maximum Gasteiger partial charge on any atom is 0.532 e. The van der Waals surface area contributed by atoms with Crippen molar-refractivity contribution in [2.24, 2.45) is 0 Å². The lowest BCUT2D eigenvalue weighted by atomic mass is 10.7. The van der Waals surface area contributed by atoms with Crippen LogP contribution in [0.25, 0.3) is 0 Å². The van der Waals surface area contributed by atoms with Gasteiger partial charge in [0.25, 0.3) is 5.78 Å². The molecule has 0 rings (SSSR count). The Morgan fingerprint density at radius 1 is 1.80 bits per heavy atom. The lowest BCUT2D eigenvalue weighted by molar-refractivity contribution is 0.193. The number of rotatable bonds is 3. The van der Waals surface area contributed by atoms with Crippen LogP contribution >= 0.6 is 8.03 Å². The summed E-state index contributed by atoms with van der Waals surface area (Å²) < 4.78 is 15.0. The summed E-state index contributed by atoms with van der Waals surface area (Å²) in [6.45, 7) is 1.47. The van der Waals surface area contributed by atoms with Crippen molar-refractivity contribution < 1.29 is 19.0 Å². The van der Waals surface area contributed by atoms with Crippen LogP contribution in [0.1, 0.15) is 6.92 Å². The van der Waals surface area contributed by atoms with E-state index in [1.807, 2.05) is 5.32 Å². The molecule has 1 unspecified atom stereocenters. The number of carbonyl (C=O) groups is 1. The first kappa shape index (κ1) is 9.33. The zero-order valence-electron chi connectivity index (χ0n) is 5.70. The molecule has 2 N–H and O–H groups in total. The van der Waals surface area contributed by atoms with Crippen LogP contribution in [0.15, 0.2) is 0 Å². The van der Waals surface area contributed by atoms with E-state index in [-0.39, 0.29) is 0 Å². The summed E-state index contributed by atoms with van der Waals surface area (Å²) in [6.07, 6.45) is -1.20. The monoisotopic (exact) mass is 166 g/mol. The minimum absolute atomic E-state index is 0.655. The maximum absolute atomic E-state index is 10.6. The molecule has 0 aromatic carbocycles. The largest absolute Gasteiger partial charge is 0.532 e. The quantitative estimate of drug-likeness (QED) is 0.613. The van der Waals surface area contributed by atoms with Crippen molar-refractivity contribution in [3.05, 3.63) is 0 Å². The molecule has 0 saturated heterocycles. The first-order chi connectivity index (χ1) is 4.57. The molecule has 58 valence electrons. The summed E-state index contributed by atoms with van der Waals surface area (Å²) >= 11 is 0. The molecular formula is C4H9NO4P+. The highest BCUT2D eigenvalue weighted by Crippen LogP contribution is 2.25. The van der Waals surface area contributed by atoms with Crippen molar-refractivity contribution in [3.8, 4) is 0 Å². The summed E-state index contributed by atoms with van der Waals surface area (Å²) in [5.74, 6) is -0.655. The van der Waals surface area contributed by atoms with Crippen LogP contribution in [0, 0.1) is 0 Å². The van der Waals surface area contributed by atoms with Gasteiger partial charge in [0.15, 0.2) is 0 Å². The molecule has 0 heterocycles. The highest BCUT2D eigenvalue weighted by Gasteiger charge is 2.27. The summed E-state index contributed by atoms with van der Waals surface area (Å²) in [6, 6.07) is 0. The molecule has 0 fully saturated rings. The zero-order valence-corrected chi connectivity index (χ0v) is 6.59. The van der Waals surface area contributed by atoms with E-state index < -0.39 is 19.9 Å². The van der Waals surface area contributed by atoms with Crippen molar-refractivity contribution in [1.82, 2.24) is 5.32 Å². The van der Waals surface area contributed by atoms with Crippen molar-refractivity contribution in [3.63, 3.8) is 0 Å². The topological polar surface area (TPSA) is 75.6 Å². The fraction of sp³-hybridized carbons (Fsp3) is 0.750. The average molecular weight is 166 g/mol. The van der Waals surface area contributed by atoms with E-state index in [0.717, 1.165) is 0 Å². The number of hydrogen-bond acceptors (Lipinski definition) is 3. The third-order valence-electron chi connectivity index (χ3n) is 0.829. The predicted octanol–water partition coefficient (Wildman–Crippen LogP) is 0.989. The SMILES string of the molecule is CO[P+](=O)[C@H](C)NC(=O)O. The van der Waals surface area contributed by atoms with Crippen LogP contribution in [0.5, 0.6) is 0 Å². The van der Waals surface area contributed by atoms with Gasteiger partial charge in [-0.05, 0) is 4.57 Å². The Bertz CT molecular complexity index is 148. The molecule has 0 aliphatic rings. The first-order valence-electron chi connectivity index (χ1n) is 2.58. The Hall–Kier alpha value is -0.670. The van der Waals surface area contributed by atoms with Gasteiger partial charge in [0.05, 0.1) is 7.11 Å². The fourth-order valence-corrected chi connectivity index (χ4v) is 0.922. The van der Waals surface area contributed by atoms with Gasteiger partial charge in [-0.2, -0.15) is 0 Å². The smallest absolute Gasteiger partial charge is 0.465 e. The molecule has 5 nitrogen and oxygen atoms in total. The summed E-state index contributed by atoms with van der Waals surface area (Å²) in [4.78, 5) is 9.93. The second-order valence-electron chi connectivity index (χ2n) is 1.59. The van der Waals surface area contributed by atoms with Gasteiger partial charge < -0.3 is 5.11 Å². The molecule has 0 radical (unpaired) electrons. The Morgan fingerprint density at radius 3 is 2.60 bits per heavy atom. The third-order valence-corrected chi connectivity index (χ3v) is 1.95. The summed E-state index contributed by atoms with van der Waals surface area (Å²) in [7, 11) is -0.651. The fourth-order valence-electron chi connectivity index (χ4n) is 0.390. The molecule has 0 aromatic heterocycles. The van der Waals surface area contributed by atoms with Gasteiger partial charge >= 0.3 is 14.1 Å². The van der Waals surface area contributed by atoms with Crippen molar-refractivity contribution in [2.45, 2.75) is 12.7 Å². The Morgan fingerprint density at radius 2 is 2.30 bits per heavy atom. The maximum atomic E-state index is 10.6. The normalized spacial score (nSPS) is 14.0. The third kappa shape index (κ3) is 3.37. The Kier molecular flexibility index (Phi) is 3.91. The van der Waals surface area contributed by atoms with Crippen LogP contribution in [0.2, 0.25) is 0 Å². The van der Waals surface area contributed by atoms with Crippen molar-refractivity contribution >= 4 is 14.1 Å². The van der Waals surface area contributed by atoms with Gasteiger partial charge in [-0.15, -0.1) is 4.52 Å². The van der Waals surface area contributed by atoms with Crippen molar-refractivity contribution in [1.29, 1.82) is 0 Å². The van der Waals surface area contributed by atoms with E-state index in [2.05, 4.69) is 4.52 Å². The van der Waals surface area contributed by atoms with Gasteiger partial charge in [0.2, 0.25) is 0 Å². The van der Waals surface area contributed by atoms with Gasteiger partial charge in [-0.1, -0.05) is 0 Å². The van der Waals surface area contributed by atoms with Gasteiger partial charge in [0, 0.05) is 6.92 Å². The number of carboxylic acid groups (broad SMARTS) is 1. The first-order valence-corrected chi connectivity index (χ1v) is 3.82. The van der Waals surface area contributed by atoms with Crippen LogP contribution in [0.4, 0.5) is 4.79 Å². The van der Waals surface area contributed by atoms with E-state index in [0.29, 0.717) is 0 Å². The highest BCUT2D eigenvalue weighted by molar-refractivity contribution is 7.39. The average Bonchev–Trinajstić information content (AvgIpc) is 1.85. The Labute approximate surface area is 59.2 Å². The van der Waals surface area contributed by atoms with Crippen LogP contribution in [-0.4, -0.2) is 24.1 Å². The van der Waals surface area contributed by atoms with Gasteiger partial charge in [0.1, 0.15) is 0 Å². The molecular weight excluding hydrogens is 157 g/mol. The molecule has 0 aliphatic carbocycles. The predicted molar refractivity (Wildman–Crippen MR) is 35.2 cm³/mol. The van der Waals surface area contributed by atoms with Gasteiger partial charge in [-0.3, -0.25) is 5.32 Å².